The Bertz CT molecular complexity index is 1740. The number of ether oxygens (including phenoxy) is 4. The first-order valence-electron chi connectivity index (χ1n) is 23.0. The van der Waals surface area contributed by atoms with E-state index in [0.717, 1.165) is 68.9 Å². The zero-order valence-corrected chi connectivity index (χ0v) is 36.1. The number of rotatable bonds is 17. The number of hydrogen-bond acceptors (Lipinski definition) is 10. The van der Waals surface area contributed by atoms with Crippen LogP contribution in [-0.4, -0.2) is 95.6 Å². The number of unbranched alkanes of at least 4 members (excludes halogenated alkanes) is 4. The van der Waals surface area contributed by atoms with Gasteiger partial charge in [-0.3, -0.25) is 19.2 Å². The molecule has 10 atom stereocenters. The zero-order chi connectivity index (χ0) is 41.6. The fourth-order valence-electron chi connectivity index (χ4n) is 11.8. The number of nitrogens with one attached hydrogen (secondary N) is 2. The molecule has 2 bridgehead atoms. The Morgan fingerprint density at radius 2 is 1.68 bits per heavy atom. The molecule has 326 valence electrons. The third kappa shape index (κ3) is 8.16. The standard InChI is InChI=1S/C47H69N3O9/c1-6-8-12-20-46(21-13-9-7-2)57-38-35-28-47(43(54)49-23-19-37(52)48-24-25-51)40(42(53)55-35)50(59-41(47)39(38)58-46)29-32-15-11-10-14-30(32)26-31-16-17-36-45(5,56-36)22-18-34-33(31)27-44(34,3)4/h10-11,14-15,26,33-36,38-41,51H,6-9,12-13,16-25,27-29H2,1-5H3,(H,48,52)(H,49,54)/t33-,34-,35?,36?,38+,39+,40+,41-,45-,47?/m1/s1. The molecule has 0 radical (unpaired) electrons. The van der Waals surface area contributed by atoms with E-state index in [1.807, 2.05) is 6.07 Å². The summed E-state index contributed by atoms with van der Waals surface area (Å²) in [6, 6.07) is 7.30. The van der Waals surface area contributed by atoms with E-state index in [9.17, 15) is 14.4 Å². The van der Waals surface area contributed by atoms with Crippen molar-refractivity contribution < 1.29 is 43.3 Å². The number of carbonyl (C=O) groups excluding carboxylic acids is 3. The maximum Gasteiger partial charge on any atom is 0.327 e. The van der Waals surface area contributed by atoms with Crippen molar-refractivity contribution in [1.82, 2.24) is 15.7 Å². The van der Waals surface area contributed by atoms with Gasteiger partial charge in [0.1, 0.15) is 29.8 Å². The van der Waals surface area contributed by atoms with Crippen LogP contribution in [0.5, 0.6) is 0 Å². The quantitative estimate of drug-likeness (QED) is 0.0902. The second kappa shape index (κ2) is 17.1. The van der Waals surface area contributed by atoms with E-state index in [1.54, 1.807) is 5.06 Å². The molecular weight excluding hydrogens is 751 g/mol. The highest BCUT2D eigenvalue weighted by Gasteiger charge is 2.76. The summed E-state index contributed by atoms with van der Waals surface area (Å²) < 4.78 is 26.5. The first-order chi connectivity index (χ1) is 28.4. The minimum absolute atomic E-state index is 0.00734. The molecule has 3 N–H and O–H groups in total. The average Bonchev–Trinajstić information content (AvgIpc) is 3.49. The molecule has 4 aliphatic heterocycles. The first-order valence-corrected chi connectivity index (χ1v) is 23.0. The van der Waals surface area contributed by atoms with Crippen LogP contribution in [0.3, 0.4) is 0 Å². The van der Waals surface area contributed by atoms with Gasteiger partial charge in [0.15, 0.2) is 11.8 Å². The van der Waals surface area contributed by atoms with Crippen molar-refractivity contribution in [3.63, 3.8) is 0 Å². The molecule has 2 amide bonds. The van der Waals surface area contributed by atoms with Crippen LogP contribution in [-0.2, 0) is 44.7 Å². The van der Waals surface area contributed by atoms with Gasteiger partial charge in [0.25, 0.3) is 0 Å². The van der Waals surface area contributed by atoms with E-state index in [4.69, 9.17) is 28.9 Å². The number of hydroxylamine groups is 2. The summed E-state index contributed by atoms with van der Waals surface area (Å²) in [4.78, 5) is 48.6. The highest BCUT2D eigenvalue weighted by Crippen LogP contribution is 2.61. The van der Waals surface area contributed by atoms with Crippen LogP contribution >= 0.6 is 0 Å². The van der Waals surface area contributed by atoms with Gasteiger partial charge < -0.3 is 34.7 Å². The normalized spacial score (nSPS) is 36.8. The number of esters is 1. The maximum atomic E-state index is 14.8. The van der Waals surface area contributed by atoms with Gasteiger partial charge in [0, 0.05) is 38.8 Å². The number of nitrogens with zero attached hydrogens (tertiary/aromatic N) is 1. The van der Waals surface area contributed by atoms with Gasteiger partial charge in [-0.15, -0.1) is 0 Å². The predicted octanol–water partition coefficient (Wildman–Crippen LogP) is 6.52. The van der Waals surface area contributed by atoms with E-state index >= 15 is 0 Å². The van der Waals surface area contributed by atoms with E-state index < -0.39 is 47.6 Å². The van der Waals surface area contributed by atoms with Crippen LogP contribution in [0.4, 0.5) is 0 Å². The Morgan fingerprint density at radius 1 is 0.932 bits per heavy atom. The molecule has 0 spiro atoms. The number of fused-ring (bicyclic) bond motifs is 6. The molecular formula is C47H69N3O9. The number of hydrogen-bond donors (Lipinski definition) is 3. The van der Waals surface area contributed by atoms with Gasteiger partial charge in [-0.05, 0) is 80.2 Å². The second-order valence-electron chi connectivity index (χ2n) is 19.6. The molecule has 8 rings (SSSR count). The van der Waals surface area contributed by atoms with Crippen LogP contribution in [0.25, 0.3) is 6.08 Å². The lowest BCUT2D eigenvalue weighted by molar-refractivity contribution is -0.224. The van der Waals surface area contributed by atoms with Gasteiger partial charge in [0.2, 0.25) is 11.8 Å². The number of aliphatic hydroxyl groups excluding tert-OH is 1. The molecule has 3 unspecified atom stereocenters. The van der Waals surface area contributed by atoms with Crippen LogP contribution in [0.2, 0.25) is 0 Å². The van der Waals surface area contributed by atoms with Crippen molar-refractivity contribution in [1.29, 1.82) is 0 Å². The summed E-state index contributed by atoms with van der Waals surface area (Å²) in [6.07, 6.45) is 13.2. The lowest BCUT2D eigenvalue weighted by Crippen LogP contribution is -2.69. The van der Waals surface area contributed by atoms with Crippen LogP contribution in [0.15, 0.2) is 29.8 Å². The number of benzene rings is 1. The van der Waals surface area contributed by atoms with Crippen LogP contribution in [0.1, 0.15) is 142 Å². The molecule has 4 saturated heterocycles. The number of epoxide rings is 1. The molecule has 59 heavy (non-hydrogen) atoms. The Balaban J connectivity index is 1.10. The number of carbonyl (C=O) groups is 3. The molecule has 1 aromatic rings. The summed E-state index contributed by atoms with van der Waals surface area (Å²) in [5.74, 6) is -0.858. The molecule has 12 nitrogen and oxygen atoms in total. The van der Waals surface area contributed by atoms with Gasteiger partial charge in [-0.2, -0.15) is 5.06 Å². The summed E-state index contributed by atoms with van der Waals surface area (Å²) >= 11 is 0. The maximum absolute atomic E-state index is 14.8. The molecule has 1 aromatic carbocycles. The average molecular weight is 820 g/mol. The van der Waals surface area contributed by atoms with E-state index in [2.05, 4.69) is 69.5 Å². The Kier molecular flexibility index (Phi) is 12.4. The van der Waals surface area contributed by atoms with Crippen molar-refractivity contribution in [2.24, 2.45) is 22.7 Å². The van der Waals surface area contributed by atoms with E-state index in [1.165, 1.54) is 18.4 Å². The molecule has 7 fully saturated rings. The van der Waals surface area contributed by atoms with Crippen molar-refractivity contribution in [3.8, 4) is 0 Å². The third-order valence-electron chi connectivity index (χ3n) is 15.2. The first kappa shape index (κ1) is 42.8. The Hall–Kier alpha value is -2.87. The van der Waals surface area contributed by atoms with Gasteiger partial charge in [0.05, 0.1) is 24.9 Å². The molecule has 7 aliphatic rings. The smallest absolute Gasteiger partial charge is 0.327 e. The molecule has 12 heteroatoms. The largest absolute Gasteiger partial charge is 0.458 e. The summed E-state index contributed by atoms with van der Waals surface area (Å²) in [6.45, 7) is 11.8. The molecule has 3 aliphatic carbocycles. The molecule has 4 heterocycles. The minimum Gasteiger partial charge on any atom is -0.458 e. The number of aliphatic hydroxyl groups is 1. The fourth-order valence-corrected chi connectivity index (χ4v) is 11.8. The fraction of sp³-hybridized carbons (Fsp3) is 0.766. The topological polar surface area (TPSA) is 148 Å². The lowest BCUT2D eigenvalue weighted by Gasteiger charge is -2.53. The lowest BCUT2D eigenvalue weighted by atomic mass is 9.52. The summed E-state index contributed by atoms with van der Waals surface area (Å²) in [5, 5.41) is 16.5. The number of allylic oxidation sites excluding steroid dienone is 1. The van der Waals surface area contributed by atoms with Crippen molar-refractivity contribution in [2.45, 2.75) is 185 Å². The molecule has 3 saturated carbocycles. The number of amides is 2. The van der Waals surface area contributed by atoms with Crippen LogP contribution < -0.4 is 10.6 Å². The Labute approximate surface area is 350 Å². The van der Waals surface area contributed by atoms with Gasteiger partial charge in [-0.25, -0.2) is 0 Å². The van der Waals surface area contributed by atoms with E-state index in [0.29, 0.717) is 36.2 Å². The summed E-state index contributed by atoms with van der Waals surface area (Å²) in [7, 11) is 0. The van der Waals surface area contributed by atoms with E-state index in [-0.39, 0.29) is 56.5 Å². The zero-order valence-electron chi connectivity index (χ0n) is 36.1. The van der Waals surface area contributed by atoms with Gasteiger partial charge >= 0.3 is 5.97 Å². The monoisotopic (exact) mass is 820 g/mol. The van der Waals surface area contributed by atoms with Crippen molar-refractivity contribution in [2.75, 3.05) is 19.7 Å². The highest BCUT2D eigenvalue weighted by atomic mass is 16.8. The SMILES string of the molecule is CCCCCC1(CCCCC)O[C@@H]2[C@H]3ON(Cc4ccccc4C=C4CCC5O[C@]5(C)CC[C@@H]5[C@@H]4CC5(C)C)[C@H]4C(=O)OC(CC34C(=O)NCCC(=O)NCCO)[C@@H]2O1. The van der Waals surface area contributed by atoms with Crippen molar-refractivity contribution >= 4 is 23.9 Å². The highest BCUT2D eigenvalue weighted by molar-refractivity contribution is 5.94. The minimum atomic E-state index is -1.33. The third-order valence-corrected chi connectivity index (χ3v) is 15.2. The van der Waals surface area contributed by atoms with Crippen LogP contribution in [0, 0.1) is 22.7 Å². The van der Waals surface area contributed by atoms with Gasteiger partial charge in [-0.1, -0.05) is 89.3 Å². The van der Waals surface area contributed by atoms with Crippen molar-refractivity contribution in [3.05, 3.63) is 41.0 Å². The Morgan fingerprint density at radius 3 is 2.41 bits per heavy atom. The predicted molar refractivity (Wildman–Crippen MR) is 221 cm³/mol. The second-order valence-corrected chi connectivity index (χ2v) is 19.6. The molecule has 0 aromatic heterocycles. The summed E-state index contributed by atoms with van der Waals surface area (Å²) in [5.41, 5.74) is 2.52.